The van der Waals surface area contributed by atoms with E-state index in [9.17, 15) is 4.79 Å². The van der Waals surface area contributed by atoms with Crippen LogP contribution < -0.4 is 0 Å². The van der Waals surface area contributed by atoms with E-state index in [1.54, 1.807) is 0 Å². The summed E-state index contributed by atoms with van der Waals surface area (Å²) < 4.78 is 5.34. The average molecular weight is 183 g/mol. The first-order valence-corrected chi connectivity index (χ1v) is 5.09. The van der Waals surface area contributed by atoms with Crippen LogP contribution in [0, 0.1) is 0 Å². The second-order valence-electron chi connectivity index (χ2n) is 4.12. The molecule has 74 valence electrons. The van der Waals surface area contributed by atoms with E-state index < -0.39 is 0 Å². The minimum Gasteiger partial charge on any atom is -0.380 e. The number of carbonyl (C=O) groups excluding carboxylic acids is 1. The fourth-order valence-corrected chi connectivity index (χ4v) is 2.28. The number of Topliss-reactive ketones (excluding diaryl/α,β-unsaturated/α-hetero) is 1. The van der Waals surface area contributed by atoms with Gasteiger partial charge in [-0.2, -0.15) is 0 Å². The second-order valence-corrected chi connectivity index (χ2v) is 4.12. The maximum atomic E-state index is 11.1. The molecule has 1 heterocycles. The molecule has 1 aliphatic carbocycles. The van der Waals surface area contributed by atoms with Gasteiger partial charge in [0.1, 0.15) is 5.78 Å². The molecule has 0 aromatic carbocycles. The highest BCUT2D eigenvalue weighted by atomic mass is 16.5. The molecule has 1 aliphatic heterocycles. The number of hydrogen-bond donors (Lipinski definition) is 0. The van der Waals surface area contributed by atoms with E-state index in [1.807, 2.05) is 0 Å². The molecule has 2 unspecified atom stereocenters. The fraction of sp³-hybridized carbons (Fsp3) is 0.900. The van der Waals surface area contributed by atoms with Crippen LogP contribution in [0.2, 0.25) is 0 Å². The fourth-order valence-electron chi connectivity index (χ4n) is 2.28. The Kier molecular flexibility index (Phi) is 2.65. The highest BCUT2D eigenvalue weighted by molar-refractivity contribution is 5.81. The number of carbonyl (C=O) groups is 1. The standard InChI is InChI=1S/C10H17NO2/c1-11(9-4-5-13-7-9)8-2-3-10(12)6-8/h8-9H,2-7H2,1H3. The SMILES string of the molecule is CN(C1CCOC1)C1CCC(=O)C1. The van der Waals surface area contributed by atoms with Gasteiger partial charge in [-0.3, -0.25) is 9.69 Å². The van der Waals surface area contributed by atoms with E-state index in [4.69, 9.17) is 4.74 Å². The Morgan fingerprint density at radius 3 is 2.77 bits per heavy atom. The Labute approximate surface area is 79.0 Å². The molecule has 0 aromatic heterocycles. The van der Waals surface area contributed by atoms with Gasteiger partial charge < -0.3 is 4.74 Å². The van der Waals surface area contributed by atoms with Crippen LogP contribution in [0.5, 0.6) is 0 Å². The molecule has 0 radical (unpaired) electrons. The molecule has 0 amide bonds. The molecule has 0 aromatic rings. The molecule has 3 heteroatoms. The van der Waals surface area contributed by atoms with Gasteiger partial charge in [0.25, 0.3) is 0 Å². The van der Waals surface area contributed by atoms with Crippen LogP contribution in [0.15, 0.2) is 0 Å². The largest absolute Gasteiger partial charge is 0.380 e. The quantitative estimate of drug-likeness (QED) is 0.635. The summed E-state index contributed by atoms with van der Waals surface area (Å²) in [6, 6.07) is 1.04. The number of nitrogens with zero attached hydrogens (tertiary/aromatic N) is 1. The van der Waals surface area contributed by atoms with Crippen molar-refractivity contribution in [2.75, 3.05) is 20.3 Å². The van der Waals surface area contributed by atoms with Crippen LogP contribution in [-0.2, 0) is 9.53 Å². The normalized spacial score (nSPS) is 34.8. The van der Waals surface area contributed by atoms with Gasteiger partial charge in [-0.15, -0.1) is 0 Å². The van der Waals surface area contributed by atoms with Crippen molar-refractivity contribution in [3.05, 3.63) is 0 Å². The summed E-state index contributed by atoms with van der Waals surface area (Å²) in [5.74, 6) is 0.427. The van der Waals surface area contributed by atoms with Crippen LogP contribution in [-0.4, -0.2) is 43.0 Å². The van der Waals surface area contributed by atoms with Gasteiger partial charge in [0, 0.05) is 31.5 Å². The first-order valence-electron chi connectivity index (χ1n) is 5.09. The zero-order valence-corrected chi connectivity index (χ0v) is 8.16. The Morgan fingerprint density at radius 1 is 1.38 bits per heavy atom. The van der Waals surface area contributed by atoms with Crippen molar-refractivity contribution < 1.29 is 9.53 Å². The van der Waals surface area contributed by atoms with Crippen molar-refractivity contribution in [2.45, 2.75) is 37.8 Å². The van der Waals surface area contributed by atoms with Crippen molar-refractivity contribution >= 4 is 5.78 Å². The predicted octanol–water partition coefficient (Wildman–Crippen LogP) is 0.829. The van der Waals surface area contributed by atoms with E-state index in [-0.39, 0.29) is 0 Å². The topological polar surface area (TPSA) is 29.5 Å². The third-order valence-electron chi connectivity index (χ3n) is 3.28. The van der Waals surface area contributed by atoms with E-state index in [1.165, 1.54) is 0 Å². The number of hydrogen-bond acceptors (Lipinski definition) is 3. The van der Waals surface area contributed by atoms with Gasteiger partial charge in [-0.25, -0.2) is 0 Å². The Bertz CT molecular complexity index is 199. The summed E-state index contributed by atoms with van der Waals surface area (Å²) in [5, 5.41) is 0. The summed E-state index contributed by atoms with van der Waals surface area (Å²) >= 11 is 0. The minimum atomic E-state index is 0.427. The maximum absolute atomic E-state index is 11.1. The van der Waals surface area contributed by atoms with Crippen molar-refractivity contribution in [1.29, 1.82) is 0 Å². The van der Waals surface area contributed by atoms with E-state index >= 15 is 0 Å². The zero-order chi connectivity index (χ0) is 9.26. The molecule has 2 atom stereocenters. The number of ether oxygens (including phenoxy) is 1. The van der Waals surface area contributed by atoms with Crippen molar-refractivity contribution in [2.24, 2.45) is 0 Å². The van der Waals surface area contributed by atoms with Gasteiger partial charge in [0.15, 0.2) is 0 Å². The lowest BCUT2D eigenvalue weighted by Gasteiger charge is -2.28. The van der Waals surface area contributed by atoms with Crippen LogP contribution in [0.25, 0.3) is 0 Å². The van der Waals surface area contributed by atoms with Gasteiger partial charge >= 0.3 is 0 Å². The van der Waals surface area contributed by atoms with Gasteiger partial charge in [0.05, 0.1) is 6.61 Å². The van der Waals surface area contributed by atoms with Gasteiger partial charge in [-0.05, 0) is 19.9 Å². The van der Waals surface area contributed by atoms with Crippen LogP contribution in [0.1, 0.15) is 25.7 Å². The molecular weight excluding hydrogens is 166 g/mol. The van der Waals surface area contributed by atoms with Gasteiger partial charge in [0.2, 0.25) is 0 Å². The van der Waals surface area contributed by atoms with Crippen LogP contribution in [0.3, 0.4) is 0 Å². The van der Waals surface area contributed by atoms with Gasteiger partial charge in [-0.1, -0.05) is 0 Å². The van der Waals surface area contributed by atoms with Crippen molar-refractivity contribution in [1.82, 2.24) is 4.90 Å². The molecule has 2 rings (SSSR count). The molecule has 2 fully saturated rings. The smallest absolute Gasteiger partial charge is 0.134 e. The second kappa shape index (κ2) is 3.76. The Morgan fingerprint density at radius 2 is 2.23 bits per heavy atom. The molecular formula is C10H17NO2. The maximum Gasteiger partial charge on any atom is 0.134 e. The molecule has 1 saturated carbocycles. The lowest BCUT2D eigenvalue weighted by molar-refractivity contribution is -0.117. The minimum absolute atomic E-state index is 0.427. The number of likely N-dealkylation sites (N-methyl/N-ethyl adjacent to an activating group) is 1. The lowest BCUT2D eigenvalue weighted by atomic mass is 10.1. The molecule has 0 spiro atoms. The Balaban J connectivity index is 1.88. The molecule has 0 bridgehead atoms. The third kappa shape index (κ3) is 1.92. The Hall–Kier alpha value is -0.410. The number of ketones is 1. The molecule has 0 N–H and O–H groups in total. The summed E-state index contributed by atoms with van der Waals surface area (Å²) in [6.07, 6.45) is 3.71. The first kappa shape index (κ1) is 9.16. The average Bonchev–Trinajstić information content (AvgIpc) is 2.72. The summed E-state index contributed by atoms with van der Waals surface area (Å²) in [6.45, 7) is 1.73. The molecule has 3 nitrogen and oxygen atoms in total. The summed E-state index contributed by atoms with van der Waals surface area (Å²) in [5.41, 5.74) is 0. The monoisotopic (exact) mass is 183 g/mol. The van der Waals surface area contributed by atoms with E-state index in [2.05, 4.69) is 11.9 Å². The summed E-state index contributed by atoms with van der Waals surface area (Å²) in [4.78, 5) is 13.5. The predicted molar refractivity (Wildman–Crippen MR) is 49.6 cm³/mol. The van der Waals surface area contributed by atoms with E-state index in [0.717, 1.165) is 38.9 Å². The van der Waals surface area contributed by atoms with Crippen molar-refractivity contribution in [3.8, 4) is 0 Å². The first-order chi connectivity index (χ1) is 6.27. The highest BCUT2D eigenvalue weighted by Gasteiger charge is 2.31. The van der Waals surface area contributed by atoms with Crippen LogP contribution in [0.4, 0.5) is 0 Å². The van der Waals surface area contributed by atoms with E-state index in [0.29, 0.717) is 17.9 Å². The van der Waals surface area contributed by atoms with Crippen molar-refractivity contribution in [3.63, 3.8) is 0 Å². The zero-order valence-electron chi connectivity index (χ0n) is 8.16. The molecule has 2 aliphatic rings. The number of rotatable bonds is 2. The third-order valence-corrected chi connectivity index (χ3v) is 3.28. The summed E-state index contributed by atoms with van der Waals surface area (Å²) in [7, 11) is 2.13. The van der Waals surface area contributed by atoms with Crippen LogP contribution >= 0.6 is 0 Å². The highest BCUT2D eigenvalue weighted by Crippen LogP contribution is 2.23. The molecule has 1 saturated heterocycles. The molecule has 13 heavy (non-hydrogen) atoms. The lowest BCUT2D eigenvalue weighted by Crippen LogP contribution is -2.39.